The number of thioether (sulfide) groups is 1. The number of aromatic nitrogens is 1. The van der Waals surface area contributed by atoms with E-state index in [9.17, 15) is 4.79 Å². The van der Waals surface area contributed by atoms with Crippen molar-refractivity contribution < 1.29 is 4.79 Å². The summed E-state index contributed by atoms with van der Waals surface area (Å²) in [6.45, 7) is 0. The zero-order valence-electron chi connectivity index (χ0n) is 9.14. The van der Waals surface area contributed by atoms with Gasteiger partial charge in [-0.15, -0.1) is 11.8 Å². The SMILES string of the molecule is O=CC1NCSC1=Cc1c[nH]c2ccccc12. The van der Waals surface area contributed by atoms with Gasteiger partial charge in [-0.2, -0.15) is 0 Å². The van der Waals surface area contributed by atoms with Crippen molar-refractivity contribution in [3.05, 3.63) is 40.9 Å². The second-order valence-corrected chi connectivity index (χ2v) is 4.99. The highest BCUT2D eigenvalue weighted by atomic mass is 32.2. The maximum absolute atomic E-state index is 10.9. The zero-order chi connectivity index (χ0) is 11.7. The molecule has 3 rings (SSSR count). The van der Waals surface area contributed by atoms with Crippen LogP contribution < -0.4 is 5.32 Å². The van der Waals surface area contributed by atoms with Crippen molar-refractivity contribution in [2.45, 2.75) is 6.04 Å². The van der Waals surface area contributed by atoms with Gasteiger partial charge in [0.2, 0.25) is 0 Å². The van der Waals surface area contributed by atoms with E-state index in [1.54, 1.807) is 11.8 Å². The summed E-state index contributed by atoms with van der Waals surface area (Å²) >= 11 is 1.69. The van der Waals surface area contributed by atoms with Crippen LogP contribution in [0.2, 0.25) is 0 Å². The van der Waals surface area contributed by atoms with Gasteiger partial charge in [0.05, 0.1) is 6.04 Å². The van der Waals surface area contributed by atoms with Crippen LogP contribution in [0.25, 0.3) is 17.0 Å². The molecule has 2 aromatic rings. The molecule has 0 radical (unpaired) electrons. The quantitative estimate of drug-likeness (QED) is 0.797. The van der Waals surface area contributed by atoms with Gasteiger partial charge in [-0.1, -0.05) is 18.2 Å². The van der Waals surface area contributed by atoms with Gasteiger partial charge in [0.15, 0.2) is 0 Å². The molecule has 1 fully saturated rings. The Morgan fingerprint density at radius 3 is 3.12 bits per heavy atom. The molecule has 86 valence electrons. The van der Waals surface area contributed by atoms with Crippen molar-refractivity contribution in [3.63, 3.8) is 0 Å². The van der Waals surface area contributed by atoms with Gasteiger partial charge in [-0.05, 0) is 12.1 Å². The first-order valence-electron chi connectivity index (χ1n) is 5.47. The number of carbonyl (C=O) groups excluding carboxylic acids is 1. The number of hydrogen-bond acceptors (Lipinski definition) is 3. The van der Waals surface area contributed by atoms with Crippen LogP contribution in [0.4, 0.5) is 0 Å². The fourth-order valence-electron chi connectivity index (χ4n) is 2.02. The number of rotatable bonds is 2. The highest BCUT2D eigenvalue weighted by Crippen LogP contribution is 2.29. The number of H-pyrrole nitrogens is 1. The van der Waals surface area contributed by atoms with Crippen LogP contribution in [0.1, 0.15) is 5.56 Å². The molecular weight excluding hydrogens is 232 g/mol. The molecule has 0 amide bonds. The minimum absolute atomic E-state index is 0.145. The minimum Gasteiger partial charge on any atom is -0.361 e. The van der Waals surface area contributed by atoms with Crippen molar-refractivity contribution in [2.24, 2.45) is 0 Å². The number of benzene rings is 1. The summed E-state index contributed by atoms with van der Waals surface area (Å²) < 4.78 is 0. The largest absolute Gasteiger partial charge is 0.361 e. The smallest absolute Gasteiger partial charge is 0.141 e. The predicted molar refractivity (Wildman–Crippen MR) is 71.7 cm³/mol. The average Bonchev–Trinajstić information content (AvgIpc) is 2.97. The fraction of sp³-hybridized carbons (Fsp3) is 0.154. The molecule has 4 heteroatoms. The standard InChI is InChI=1S/C13H12N2OS/c16-7-12-13(17-8-15-12)5-9-6-14-11-4-2-1-3-10(9)11/h1-7,12,14-15H,8H2. The topological polar surface area (TPSA) is 44.9 Å². The lowest BCUT2D eigenvalue weighted by molar-refractivity contribution is -0.108. The normalized spacial score (nSPS) is 22.4. The Morgan fingerprint density at radius 1 is 1.35 bits per heavy atom. The third-order valence-corrected chi connectivity index (χ3v) is 3.92. The number of hydrogen-bond donors (Lipinski definition) is 2. The van der Waals surface area contributed by atoms with Crippen LogP contribution in [0, 0.1) is 0 Å². The van der Waals surface area contributed by atoms with E-state index in [2.05, 4.69) is 28.5 Å². The lowest BCUT2D eigenvalue weighted by Gasteiger charge is -2.01. The van der Waals surface area contributed by atoms with Gasteiger partial charge in [0, 0.05) is 33.4 Å². The van der Waals surface area contributed by atoms with Gasteiger partial charge < -0.3 is 9.78 Å². The van der Waals surface area contributed by atoms with E-state index < -0.39 is 0 Å². The average molecular weight is 244 g/mol. The molecule has 1 saturated heterocycles. The van der Waals surface area contributed by atoms with E-state index in [1.807, 2.05) is 18.3 Å². The van der Waals surface area contributed by atoms with Crippen molar-refractivity contribution in [1.29, 1.82) is 0 Å². The number of carbonyl (C=O) groups is 1. The molecular formula is C13H12N2OS. The molecule has 1 unspecified atom stereocenters. The van der Waals surface area contributed by atoms with Crippen molar-refractivity contribution in [2.75, 3.05) is 5.88 Å². The van der Waals surface area contributed by atoms with Gasteiger partial charge in [-0.25, -0.2) is 0 Å². The lowest BCUT2D eigenvalue weighted by atomic mass is 10.1. The first-order chi connectivity index (χ1) is 8.38. The van der Waals surface area contributed by atoms with Gasteiger partial charge in [0.25, 0.3) is 0 Å². The van der Waals surface area contributed by atoms with Crippen LogP contribution in [-0.2, 0) is 4.79 Å². The van der Waals surface area contributed by atoms with E-state index in [-0.39, 0.29) is 6.04 Å². The van der Waals surface area contributed by atoms with Crippen LogP contribution >= 0.6 is 11.8 Å². The second-order valence-electron chi connectivity index (χ2n) is 3.94. The molecule has 0 saturated carbocycles. The summed E-state index contributed by atoms with van der Waals surface area (Å²) in [5.41, 5.74) is 2.26. The van der Waals surface area contributed by atoms with Crippen molar-refractivity contribution in [3.8, 4) is 0 Å². The molecule has 17 heavy (non-hydrogen) atoms. The molecule has 2 heterocycles. The molecule has 1 atom stereocenters. The molecule has 1 aromatic carbocycles. The Kier molecular flexibility index (Phi) is 2.74. The van der Waals surface area contributed by atoms with Gasteiger partial charge >= 0.3 is 0 Å². The molecule has 0 spiro atoms. The molecule has 0 bridgehead atoms. The first-order valence-corrected chi connectivity index (χ1v) is 6.46. The number of aromatic amines is 1. The summed E-state index contributed by atoms with van der Waals surface area (Å²) in [5, 5.41) is 4.33. The predicted octanol–water partition coefficient (Wildman–Crippen LogP) is 2.37. The monoisotopic (exact) mass is 244 g/mol. The van der Waals surface area contributed by atoms with Crippen LogP contribution in [0.5, 0.6) is 0 Å². The van der Waals surface area contributed by atoms with Crippen LogP contribution in [0.3, 0.4) is 0 Å². The Hall–Kier alpha value is -1.52. The van der Waals surface area contributed by atoms with E-state index in [0.717, 1.165) is 28.1 Å². The van der Waals surface area contributed by atoms with Crippen molar-refractivity contribution in [1.82, 2.24) is 10.3 Å². The Morgan fingerprint density at radius 2 is 2.24 bits per heavy atom. The summed E-state index contributed by atoms with van der Waals surface area (Å²) in [5.74, 6) is 0.803. The van der Waals surface area contributed by atoms with Crippen molar-refractivity contribution >= 4 is 35.0 Å². The maximum atomic E-state index is 10.9. The fourth-order valence-corrected chi connectivity index (χ4v) is 2.98. The summed E-state index contributed by atoms with van der Waals surface area (Å²) in [7, 11) is 0. The van der Waals surface area contributed by atoms with Crippen LogP contribution in [0.15, 0.2) is 35.4 Å². The van der Waals surface area contributed by atoms with Crippen LogP contribution in [-0.4, -0.2) is 23.2 Å². The number of para-hydroxylation sites is 1. The summed E-state index contributed by atoms with van der Waals surface area (Å²) in [4.78, 5) is 15.2. The molecule has 1 aromatic heterocycles. The molecule has 3 nitrogen and oxygen atoms in total. The molecule has 0 aliphatic carbocycles. The third kappa shape index (κ3) is 1.90. The summed E-state index contributed by atoms with van der Waals surface area (Å²) in [6, 6.07) is 8.02. The Labute approximate surface area is 103 Å². The Bertz CT molecular complexity index is 588. The molecule has 1 aliphatic heterocycles. The van der Waals surface area contributed by atoms with E-state index in [1.165, 1.54) is 5.39 Å². The number of aldehydes is 1. The summed E-state index contributed by atoms with van der Waals surface area (Å²) in [6.07, 6.45) is 5.03. The number of fused-ring (bicyclic) bond motifs is 1. The van der Waals surface area contributed by atoms with Gasteiger partial charge in [0.1, 0.15) is 6.29 Å². The van der Waals surface area contributed by atoms with E-state index in [0.29, 0.717) is 0 Å². The number of nitrogens with one attached hydrogen (secondary N) is 2. The lowest BCUT2D eigenvalue weighted by Crippen LogP contribution is -2.23. The van der Waals surface area contributed by atoms with Gasteiger partial charge in [-0.3, -0.25) is 5.32 Å². The highest BCUT2D eigenvalue weighted by Gasteiger charge is 2.20. The maximum Gasteiger partial charge on any atom is 0.141 e. The third-order valence-electron chi connectivity index (χ3n) is 2.90. The minimum atomic E-state index is -0.145. The van der Waals surface area contributed by atoms with E-state index >= 15 is 0 Å². The molecule has 1 aliphatic rings. The van der Waals surface area contributed by atoms with E-state index in [4.69, 9.17) is 0 Å². The first kappa shape index (κ1) is 10.6. The second kappa shape index (κ2) is 4.39. The zero-order valence-corrected chi connectivity index (χ0v) is 9.96. The highest BCUT2D eigenvalue weighted by molar-refractivity contribution is 8.03. The molecule has 2 N–H and O–H groups in total. The Balaban J connectivity index is 2.04.